The van der Waals surface area contributed by atoms with Gasteiger partial charge < -0.3 is 48.5 Å². The monoisotopic (exact) mass is 1150 g/mol. The van der Waals surface area contributed by atoms with E-state index in [0.29, 0.717) is 61.8 Å². The zero-order chi connectivity index (χ0) is 56.6. The second-order valence-electron chi connectivity index (χ2n) is 24.0. The van der Waals surface area contributed by atoms with Crippen molar-refractivity contribution < 1.29 is 46.6 Å². The fourth-order valence-corrected chi connectivity index (χ4v) is 15.5. The number of para-hydroxylation sites is 1. The minimum Gasteiger partial charge on any atom is -0.491 e. The topological polar surface area (TPSA) is 228 Å². The molecule has 21 nitrogen and oxygen atoms in total. The fraction of sp³-hybridized carbons (Fsp3) is 0.492. The summed E-state index contributed by atoms with van der Waals surface area (Å²) in [5.74, 6) is 1.32. The van der Waals surface area contributed by atoms with Gasteiger partial charge in [-0.15, -0.1) is 0 Å². The Hall–Kier alpha value is -7.24. The molecular formula is C61H70N10O11S. The van der Waals surface area contributed by atoms with Crippen molar-refractivity contribution in [3.8, 4) is 23.3 Å². The first-order valence-electron chi connectivity index (χ1n) is 29.5. The predicted octanol–water partition coefficient (Wildman–Crippen LogP) is 8.69. The largest absolute Gasteiger partial charge is 0.491 e. The van der Waals surface area contributed by atoms with Crippen LogP contribution in [0.1, 0.15) is 98.8 Å². The third kappa shape index (κ3) is 10.1. The smallest absolute Gasteiger partial charge is 0.297 e. The molecular weight excluding hydrogens is 1080 g/mol. The van der Waals surface area contributed by atoms with E-state index in [1.165, 1.54) is 11.6 Å². The van der Waals surface area contributed by atoms with Crippen molar-refractivity contribution in [1.29, 1.82) is 0 Å². The van der Waals surface area contributed by atoms with E-state index in [4.69, 9.17) is 33.4 Å². The van der Waals surface area contributed by atoms with Crippen LogP contribution in [0, 0.1) is 21.4 Å². The number of nitro benzene ring substituents is 1. The van der Waals surface area contributed by atoms with E-state index < -0.39 is 37.5 Å². The van der Waals surface area contributed by atoms with Crippen molar-refractivity contribution in [2.75, 3.05) is 87.5 Å². The Bertz CT molecular complexity index is 3560. The summed E-state index contributed by atoms with van der Waals surface area (Å²) in [5, 5.41) is 16.7. The van der Waals surface area contributed by atoms with E-state index >= 15 is 0 Å². The van der Waals surface area contributed by atoms with Gasteiger partial charge in [-0.25, -0.2) is 18.1 Å². The van der Waals surface area contributed by atoms with Gasteiger partial charge in [0.25, 0.3) is 21.6 Å². The predicted molar refractivity (Wildman–Crippen MR) is 310 cm³/mol. The number of carbonyl (C=O) groups is 1. The van der Waals surface area contributed by atoms with Crippen LogP contribution in [0.3, 0.4) is 0 Å². The molecule has 4 saturated heterocycles. The number of aromatic amines is 1. The van der Waals surface area contributed by atoms with Gasteiger partial charge in [0.1, 0.15) is 29.8 Å². The molecule has 3 N–H and O–H groups in total. The van der Waals surface area contributed by atoms with Crippen LogP contribution in [0.4, 0.5) is 28.4 Å². The van der Waals surface area contributed by atoms with Gasteiger partial charge >= 0.3 is 0 Å². The molecule has 3 aromatic carbocycles. The molecule has 6 aromatic rings. The minimum absolute atomic E-state index is 0.0242. The molecule has 5 atom stereocenters. The maximum Gasteiger partial charge on any atom is 0.297 e. The number of piperazine rings is 1. The Morgan fingerprint density at radius 1 is 0.855 bits per heavy atom. The number of nitrogens with one attached hydrogen (secondary N) is 3. The highest BCUT2D eigenvalue weighted by Gasteiger charge is 2.51. The summed E-state index contributed by atoms with van der Waals surface area (Å²) in [7, 11) is -4.72. The first-order chi connectivity index (χ1) is 40.3. The Labute approximate surface area is 482 Å². The van der Waals surface area contributed by atoms with E-state index in [-0.39, 0.29) is 71.8 Å². The number of aromatic nitrogens is 3. The lowest BCUT2D eigenvalue weighted by molar-refractivity contribution is -0.384. The SMILES string of the molecule is CC(C)Oc1ccccc1[C@@H]1CN([C@H]2CCOc3ncccc32)CCN1C1CC2(CCN(c3ccc(C(=O)NS(=O)(=O)c4cc5c(c([N+](=O)[O-])c4)N[C@H](C4CCOCC4)CO5)c(N4c5cc6cc[nH]c6nc5O[C@H]5COCC[C@@H]54)c3)CC2)C1. The normalized spacial score (nSPS) is 24.7. The number of ether oxygens (including phenoxy) is 6. The van der Waals surface area contributed by atoms with Gasteiger partial charge in [-0.05, 0) is 113 Å². The maximum atomic E-state index is 15.0. The zero-order valence-corrected chi connectivity index (χ0v) is 47.6. The van der Waals surface area contributed by atoms with Gasteiger partial charge in [-0.1, -0.05) is 24.3 Å². The van der Waals surface area contributed by atoms with Gasteiger partial charge in [0.2, 0.25) is 11.8 Å². The number of anilines is 4. The van der Waals surface area contributed by atoms with Crippen LogP contribution in [0.5, 0.6) is 23.3 Å². The second-order valence-corrected chi connectivity index (χ2v) is 25.6. The Morgan fingerprint density at radius 2 is 1.67 bits per heavy atom. The highest BCUT2D eigenvalue weighted by molar-refractivity contribution is 7.90. The van der Waals surface area contributed by atoms with Crippen molar-refractivity contribution in [3.63, 3.8) is 0 Å². The summed E-state index contributed by atoms with van der Waals surface area (Å²) in [5.41, 5.74) is 4.94. The average molecular weight is 1150 g/mol. The van der Waals surface area contributed by atoms with Gasteiger partial charge in [-0.2, -0.15) is 4.98 Å². The number of fused-ring (bicyclic) bond motifs is 5. The number of piperidine rings is 1. The first kappa shape index (κ1) is 53.7. The molecule has 0 radical (unpaired) electrons. The van der Waals surface area contributed by atoms with Crippen LogP contribution in [-0.4, -0.2) is 147 Å². The lowest BCUT2D eigenvalue weighted by Crippen LogP contribution is -2.60. The maximum absolute atomic E-state index is 15.0. The molecule has 14 rings (SSSR count). The standard InChI is InChI=1S/C61H70N10O11S/c1-37(2)81-53-8-4-3-6-43(53)52-34-68(47-15-27-79-59-45(47)7-5-18-63-59)22-23-69(52)41-32-61(33-41)16-20-67(21-17-61)40-9-10-44(49(29-40)70-48-14-26-78-36-55(48)82-60-51(70)28-39-11-19-62-57(39)65-60)58(72)66-83(75,76)42-30-50(71(73)74)56-54(31-42)80-35-46(64-56)38-12-24-77-25-13-38/h3-11,18-19,28-31,37-38,41,46-48,52,55,64H,12-17,20-27,32-36H2,1-2H3,(H,62,65)(H,66,72)/t46-,47-,48-,52-,55-/m0/s1. The number of hydrogen-bond acceptors (Lipinski definition) is 18. The highest BCUT2D eigenvalue weighted by atomic mass is 32.2. The fourth-order valence-electron chi connectivity index (χ4n) is 14.5. The Morgan fingerprint density at radius 3 is 2.51 bits per heavy atom. The van der Waals surface area contributed by atoms with Gasteiger partial charge in [0, 0.05) is 118 Å². The molecule has 436 valence electrons. The number of carbonyl (C=O) groups excluding carboxylic acids is 1. The number of amides is 1. The molecule has 3 aromatic heterocycles. The molecule has 1 amide bonds. The quantitative estimate of drug-likeness (QED) is 0.0769. The lowest BCUT2D eigenvalue weighted by Gasteiger charge is -2.58. The van der Waals surface area contributed by atoms with Crippen molar-refractivity contribution in [2.45, 2.75) is 113 Å². The zero-order valence-electron chi connectivity index (χ0n) is 46.7. The molecule has 0 bridgehead atoms. The minimum atomic E-state index is -4.72. The summed E-state index contributed by atoms with van der Waals surface area (Å²) in [4.78, 5) is 49.0. The molecule has 7 aliphatic heterocycles. The molecule has 10 heterocycles. The van der Waals surface area contributed by atoms with Crippen molar-refractivity contribution in [1.82, 2.24) is 29.5 Å². The van der Waals surface area contributed by atoms with Crippen LogP contribution in [-0.2, 0) is 19.5 Å². The van der Waals surface area contributed by atoms with E-state index in [9.17, 15) is 23.3 Å². The molecule has 5 fully saturated rings. The number of benzene rings is 3. The van der Waals surface area contributed by atoms with E-state index in [1.807, 2.05) is 42.7 Å². The molecule has 1 spiro atoms. The Kier molecular flexibility index (Phi) is 14.1. The average Bonchev–Trinajstić information content (AvgIpc) is 4.15. The number of nitrogens with zero attached hydrogens (tertiary/aromatic N) is 7. The third-order valence-corrected chi connectivity index (χ3v) is 20.1. The van der Waals surface area contributed by atoms with Crippen molar-refractivity contribution >= 4 is 55.4 Å². The number of pyridine rings is 2. The van der Waals surface area contributed by atoms with Crippen LogP contribution in [0.25, 0.3) is 11.0 Å². The van der Waals surface area contributed by atoms with Crippen molar-refractivity contribution in [3.05, 3.63) is 118 Å². The first-order valence-corrected chi connectivity index (χ1v) is 30.9. The number of nitro groups is 1. The second kappa shape index (κ2) is 21.7. The summed E-state index contributed by atoms with van der Waals surface area (Å²) >= 11 is 0. The van der Waals surface area contributed by atoms with Gasteiger partial charge in [-0.3, -0.25) is 24.7 Å². The molecule has 0 unspecified atom stereocenters. The van der Waals surface area contributed by atoms with Gasteiger partial charge in [0.05, 0.1) is 58.5 Å². The van der Waals surface area contributed by atoms with Gasteiger partial charge in [0.15, 0.2) is 11.4 Å². The van der Waals surface area contributed by atoms with Crippen LogP contribution in [0.2, 0.25) is 0 Å². The van der Waals surface area contributed by atoms with Crippen LogP contribution in [0.15, 0.2) is 96.2 Å². The number of hydrogen-bond donors (Lipinski definition) is 3. The number of sulfonamides is 1. The van der Waals surface area contributed by atoms with E-state index in [0.717, 1.165) is 112 Å². The third-order valence-electron chi connectivity index (χ3n) is 18.8. The summed E-state index contributed by atoms with van der Waals surface area (Å²) in [6, 6.07) is 24.7. The molecule has 1 aliphatic carbocycles. The summed E-state index contributed by atoms with van der Waals surface area (Å²) in [6.07, 6.45) is 10.4. The molecule has 83 heavy (non-hydrogen) atoms. The van der Waals surface area contributed by atoms with Crippen LogP contribution < -0.4 is 38.8 Å². The summed E-state index contributed by atoms with van der Waals surface area (Å²) in [6.45, 7) is 11.2. The van der Waals surface area contributed by atoms with Crippen LogP contribution >= 0.6 is 0 Å². The number of rotatable bonds is 12. The Balaban J connectivity index is 0.740. The molecule has 22 heteroatoms. The summed E-state index contributed by atoms with van der Waals surface area (Å²) < 4.78 is 67.9. The highest BCUT2D eigenvalue weighted by Crippen LogP contribution is 2.55. The molecule has 8 aliphatic rings. The van der Waals surface area contributed by atoms with Crippen molar-refractivity contribution in [2.24, 2.45) is 11.3 Å². The lowest BCUT2D eigenvalue weighted by atomic mass is 9.59. The van der Waals surface area contributed by atoms with E-state index in [2.05, 4.69) is 83.8 Å². The number of H-pyrrole nitrogens is 1. The van der Waals surface area contributed by atoms with E-state index in [1.54, 1.807) is 6.07 Å². The molecule has 1 saturated carbocycles.